The lowest BCUT2D eigenvalue weighted by Gasteiger charge is -2.32. The molecule has 1 aliphatic rings. The second kappa shape index (κ2) is 8.34. The van der Waals surface area contributed by atoms with Gasteiger partial charge in [-0.2, -0.15) is 0 Å². The van der Waals surface area contributed by atoms with Crippen LogP contribution in [0.5, 0.6) is 0 Å². The zero-order valence-corrected chi connectivity index (χ0v) is 15.7. The van der Waals surface area contributed by atoms with E-state index in [0.717, 1.165) is 18.5 Å². The molecule has 4 rings (SSSR count). The van der Waals surface area contributed by atoms with Crippen molar-refractivity contribution < 1.29 is 13.6 Å². The fraction of sp³-hybridized carbons (Fsp3) is 0.227. The largest absolute Gasteiger partial charge is 0.338 e. The Morgan fingerprint density at radius 2 is 1.97 bits per heavy atom. The highest BCUT2D eigenvalue weighted by Gasteiger charge is 2.26. The van der Waals surface area contributed by atoms with E-state index >= 15 is 0 Å². The maximum atomic E-state index is 13.9. The van der Waals surface area contributed by atoms with E-state index in [2.05, 4.69) is 15.3 Å². The minimum atomic E-state index is -0.427. The Labute approximate surface area is 167 Å². The molecule has 3 aromatic rings. The van der Waals surface area contributed by atoms with Crippen LogP contribution < -0.4 is 5.32 Å². The summed E-state index contributed by atoms with van der Waals surface area (Å²) >= 11 is 0. The minimum Gasteiger partial charge on any atom is -0.338 e. The van der Waals surface area contributed by atoms with Crippen LogP contribution >= 0.6 is 0 Å². The summed E-state index contributed by atoms with van der Waals surface area (Å²) in [6.07, 6.45) is 3.33. The van der Waals surface area contributed by atoms with Crippen LogP contribution in [-0.4, -0.2) is 33.9 Å². The van der Waals surface area contributed by atoms with E-state index < -0.39 is 5.82 Å². The Bertz CT molecular complexity index is 1030. The van der Waals surface area contributed by atoms with E-state index in [1.807, 2.05) is 6.07 Å². The number of nitrogens with one attached hydrogen (secondary N) is 1. The summed E-state index contributed by atoms with van der Waals surface area (Å²) in [6, 6.07) is 13.9. The van der Waals surface area contributed by atoms with Gasteiger partial charge in [0.1, 0.15) is 11.6 Å². The van der Waals surface area contributed by atoms with Crippen molar-refractivity contribution in [2.45, 2.75) is 18.8 Å². The number of para-hydroxylation sites is 1. The summed E-state index contributed by atoms with van der Waals surface area (Å²) in [6.45, 7) is 1.11. The zero-order chi connectivity index (χ0) is 20.2. The van der Waals surface area contributed by atoms with Crippen LogP contribution in [-0.2, 0) is 0 Å². The number of halogens is 2. The molecule has 1 fully saturated rings. The van der Waals surface area contributed by atoms with Crippen LogP contribution in [0.1, 0.15) is 34.8 Å². The summed E-state index contributed by atoms with van der Waals surface area (Å²) in [7, 11) is 0. The first kappa shape index (κ1) is 19.0. The van der Waals surface area contributed by atoms with Gasteiger partial charge in [0.25, 0.3) is 5.91 Å². The molecule has 148 valence electrons. The van der Waals surface area contributed by atoms with Crippen LogP contribution in [0.25, 0.3) is 0 Å². The topological polar surface area (TPSA) is 58.1 Å². The number of anilines is 2. The quantitative estimate of drug-likeness (QED) is 0.707. The van der Waals surface area contributed by atoms with Gasteiger partial charge in [-0.1, -0.05) is 18.2 Å². The molecule has 2 heterocycles. The lowest BCUT2D eigenvalue weighted by Crippen LogP contribution is -2.39. The summed E-state index contributed by atoms with van der Waals surface area (Å²) < 4.78 is 27.3. The molecular formula is C22H20F2N4O. The highest BCUT2D eigenvalue weighted by Crippen LogP contribution is 2.27. The number of aromatic nitrogens is 2. The molecule has 2 aromatic carbocycles. The van der Waals surface area contributed by atoms with Crippen molar-refractivity contribution in [1.82, 2.24) is 14.9 Å². The van der Waals surface area contributed by atoms with Crippen LogP contribution in [0.15, 0.2) is 60.8 Å². The third kappa shape index (κ3) is 4.39. The van der Waals surface area contributed by atoms with Gasteiger partial charge in [0.2, 0.25) is 5.95 Å². The fourth-order valence-corrected chi connectivity index (χ4v) is 3.55. The standard InChI is InChI=1S/C22H20F2N4O/c23-17-7-3-5-15(13-17)21(29)28-12-4-6-16(14-28)19-10-11-25-22(26-19)27-20-9-2-1-8-18(20)24/h1-3,5,7-11,13,16H,4,6,12,14H2,(H,25,26,27). The van der Waals surface area contributed by atoms with Crippen molar-refractivity contribution in [3.8, 4) is 0 Å². The Kier molecular flexibility index (Phi) is 5.46. The lowest BCUT2D eigenvalue weighted by molar-refractivity contribution is 0.0705. The van der Waals surface area contributed by atoms with Gasteiger partial charge >= 0.3 is 0 Å². The van der Waals surface area contributed by atoms with Gasteiger partial charge in [0, 0.05) is 30.8 Å². The molecule has 7 heteroatoms. The molecular weight excluding hydrogens is 374 g/mol. The molecule has 1 atom stereocenters. The number of nitrogens with zero attached hydrogens (tertiary/aromatic N) is 3. The number of hydrogen-bond acceptors (Lipinski definition) is 4. The molecule has 29 heavy (non-hydrogen) atoms. The van der Waals surface area contributed by atoms with Gasteiger partial charge in [-0.15, -0.1) is 0 Å². The number of hydrogen-bond donors (Lipinski definition) is 1. The molecule has 1 N–H and O–H groups in total. The third-order valence-electron chi connectivity index (χ3n) is 5.00. The Hall–Kier alpha value is -3.35. The summed E-state index contributed by atoms with van der Waals surface area (Å²) in [5.41, 5.74) is 1.43. The summed E-state index contributed by atoms with van der Waals surface area (Å²) in [4.78, 5) is 23.2. The molecule has 0 spiro atoms. The highest BCUT2D eigenvalue weighted by molar-refractivity contribution is 5.94. The molecule has 0 bridgehead atoms. The Balaban J connectivity index is 1.50. The number of rotatable bonds is 4. The minimum absolute atomic E-state index is 0.0328. The van der Waals surface area contributed by atoms with Gasteiger partial charge in [-0.25, -0.2) is 18.7 Å². The van der Waals surface area contributed by atoms with Crippen LogP contribution in [0.2, 0.25) is 0 Å². The molecule has 5 nitrogen and oxygen atoms in total. The Morgan fingerprint density at radius 1 is 1.10 bits per heavy atom. The molecule has 1 aromatic heterocycles. The van der Waals surface area contributed by atoms with E-state index in [0.29, 0.717) is 30.3 Å². The van der Waals surface area contributed by atoms with E-state index in [1.165, 1.54) is 24.3 Å². The maximum Gasteiger partial charge on any atom is 0.253 e. The van der Waals surface area contributed by atoms with Gasteiger partial charge in [-0.05, 0) is 49.2 Å². The van der Waals surface area contributed by atoms with Crippen molar-refractivity contribution in [1.29, 1.82) is 0 Å². The van der Waals surface area contributed by atoms with Gasteiger partial charge < -0.3 is 10.2 Å². The number of carbonyl (C=O) groups is 1. The van der Waals surface area contributed by atoms with E-state index in [1.54, 1.807) is 35.4 Å². The average Bonchev–Trinajstić information content (AvgIpc) is 2.75. The number of piperidine rings is 1. The van der Waals surface area contributed by atoms with Gasteiger partial charge in [-0.3, -0.25) is 4.79 Å². The predicted molar refractivity (Wildman–Crippen MR) is 106 cm³/mol. The molecule has 1 saturated heterocycles. The van der Waals surface area contributed by atoms with Crippen LogP contribution in [0.3, 0.4) is 0 Å². The average molecular weight is 394 g/mol. The van der Waals surface area contributed by atoms with Crippen molar-refractivity contribution in [3.63, 3.8) is 0 Å². The first-order valence-electron chi connectivity index (χ1n) is 9.49. The molecule has 0 aliphatic carbocycles. The number of likely N-dealkylation sites (tertiary alicyclic amines) is 1. The predicted octanol–water partition coefficient (Wildman–Crippen LogP) is 4.52. The smallest absolute Gasteiger partial charge is 0.253 e. The highest BCUT2D eigenvalue weighted by atomic mass is 19.1. The zero-order valence-electron chi connectivity index (χ0n) is 15.7. The monoisotopic (exact) mass is 394 g/mol. The number of carbonyl (C=O) groups excluding carboxylic acids is 1. The van der Waals surface area contributed by atoms with E-state index in [-0.39, 0.29) is 17.6 Å². The Morgan fingerprint density at radius 3 is 2.79 bits per heavy atom. The molecule has 1 amide bonds. The molecule has 1 aliphatic heterocycles. The molecule has 0 radical (unpaired) electrons. The van der Waals surface area contributed by atoms with Crippen LogP contribution in [0.4, 0.5) is 20.4 Å². The van der Waals surface area contributed by atoms with Crippen molar-refractivity contribution in [2.75, 3.05) is 18.4 Å². The second-order valence-corrected chi connectivity index (χ2v) is 7.01. The number of benzene rings is 2. The fourth-order valence-electron chi connectivity index (χ4n) is 3.55. The van der Waals surface area contributed by atoms with Gasteiger partial charge in [0.15, 0.2) is 0 Å². The van der Waals surface area contributed by atoms with Crippen molar-refractivity contribution in [2.24, 2.45) is 0 Å². The number of amides is 1. The first-order valence-corrected chi connectivity index (χ1v) is 9.49. The maximum absolute atomic E-state index is 13.9. The normalized spacial score (nSPS) is 16.5. The SMILES string of the molecule is O=C(c1cccc(F)c1)N1CCCC(c2ccnc(Nc3ccccc3F)n2)C1. The van der Waals surface area contributed by atoms with E-state index in [4.69, 9.17) is 0 Å². The van der Waals surface area contributed by atoms with Gasteiger partial charge in [0.05, 0.1) is 11.4 Å². The first-order chi connectivity index (χ1) is 14.1. The van der Waals surface area contributed by atoms with E-state index in [9.17, 15) is 13.6 Å². The lowest BCUT2D eigenvalue weighted by atomic mass is 9.94. The van der Waals surface area contributed by atoms with Crippen molar-refractivity contribution in [3.05, 3.63) is 83.7 Å². The summed E-state index contributed by atoms with van der Waals surface area (Å²) in [5.74, 6) is -0.658. The summed E-state index contributed by atoms with van der Waals surface area (Å²) in [5, 5.41) is 2.90. The van der Waals surface area contributed by atoms with Crippen molar-refractivity contribution >= 4 is 17.5 Å². The molecule has 1 unspecified atom stereocenters. The molecule has 0 saturated carbocycles. The van der Waals surface area contributed by atoms with Crippen LogP contribution in [0, 0.1) is 11.6 Å². The second-order valence-electron chi connectivity index (χ2n) is 7.01. The third-order valence-corrected chi connectivity index (χ3v) is 5.00.